The second-order valence-corrected chi connectivity index (χ2v) is 6.59. The van der Waals surface area contributed by atoms with E-state index in [-0.39, 0.29) is 6.61 Å². The predicted octanol–water partition coefficient (Wildman–Crippen LogP) is 4.88. The highest BCUT2D eigenvalue weighted by molar-refractivity contribution is 5.39. The van der Waals surface area contributed by atoms with E-state index in [0.29, 0.717) is 6.04 Å². The summed E-state index contributed by atoms with van der Waals surface area (Å²) < 4.78 is 0. The van der Waals surface area contributed by atoms with Gasteiger partial charge >= 0.3 is 0 Å². The van der Waals surface area contributed by atoms with Gasteiger partial charge in [0.2, 0.25) is 0 Å². The lowest BCUT2D eigenvalue weighted by Gasteiger charge is -2.36. The molecular formula is C22H31NO. The van der Waals surface area contributed by atoms with Crippen molar-refractivity contribution in [1.29, 1.82) is 0 Å². The fourth-order valence-corrected chi connectivity index (χ4v) is 3.45. The van der Waals surface area contributed by atoms with Crippen LogP contribution < -0.4 is 0 Å². The highest BCUT2D eigenvalue weighted by atomic mass is 16.2. The molecule has 0 radical (unpaired) electrons. The largest absolute Gasteiger partial charge is 0.397 e. The van der Waals surface area contributed by atoms with E-state index < -0.39 is 0 Å². The zero-order valence-electron chi connectivity index (χ0n) is 15.3. The van der Waals surface area contributed by atoms with Gasteiger partial charge in [-0.3, -0.25) is 4.90 Å². The van der Waals surface area contributed by atoms with Gasteiger partial charge in [-0.05, 0) is 63.4 Å². The van der Waals surface area contributed by atoms with Crippen LogP contribution in [-0.2, 0) is 0 Å². The smallest absolute Gasteiger partial charge is 0.0604 e. The van der Waals surface area contributed by atoms with Crippen LogP contribution in [0.3, 0.4) is 0 Å². The lowest BCUT2D eigenvalue weighted by Crippen LogP contribution is -2.34. The number of rotatable bonds is 3. The van der Waals surface area contributed by atoms with Gasteiger partial charge in [-0.15, -0.1) is 0 Å². The standard InChI is InChI=1S/C20H25N.C2H6O/c1-16-11-12-17(2)19(15-16)20(18-9-5-3-6-10-18)21-13-7-4-8-14-21;1-2-3/h3,5-6,9-12,15,20H,4,7-8,13-14H2,1-2H3;3H,2H2,1H3. The van der Waals surface area contributed by atoms with E-state index in [1.165, 1.54) is 54.6 Å². The number of aryl methyl sites for hydroxylation is 2. The molecule has 0 bridgehead atoms. The molecule has 0 aliphatic carbocycles. The van der Waals surface area contributed by atoms with Crippen LogP contribution in [0.25, 0.3) is 0 Å². The number of hydrogen-bond donors (Lipinski definition) is 1. The third-order valence-corrected chi connectivity index (χ3v) is 4.60. The molecule has 130 valence electrons. The molecule has 1 N–H and O–H groups in total. The number of aliphatic hydroxyl groups excluding tert-OH is 1. The summed E-state index contributed by atoms with van der Waals surface area (Å²) in [5.41, 5.74) is 5.66. The molecule has 2 heteroatoms. The first-order valence-electron chi connectivity index (χ1n) is 9.14. The van der Waals surface area contributed by atoms with Crippen LogP contribution in [0.2, 0.25) is 0 Å². The summed E-state index contributed by atoms with van der Waals surface area (Å²) in [4.78, 5) is 2.67. The van der Waals surface area contributed by atoms with Gasteiger partial charge in [-0.1, -0.05) is 60.5 Å². The molecule has 2 aromatic carbocycles. The first-order valence-corrected chi connectivity index (χ1v) is 9.14. The zero-order valence-corrected chi connectivity index (χ0v) is 15.3. The normalized spacial score (nSPS) is 16.2. The maximum Gasteiger partial charge on any atom is 0.0604 e. The van der Waals surface area contributed by atoms with E-state index >= 15 is 0 Å². The van der Waals surface area contributed by atoms with Crippen LogP contribution in [0.4, 0.5) is 0 Å². The average molecular weight is 325 g/mol. The molecule has 1 fully saturated rings. The minimum atomic E-state index is 0.250. The molecular weight excluding hydrogens is 294 g/mol. The van der Waals surface area contributed by atoms with Crippen LogP contribution in [0.15, 0.2) is 48.5 Å². The van der Waals surface area contributed by atoms with E-state index in [9.17, 15) is 0 Å². The minimum Gasteiger partial charge on any atom is -0.397 e. The van der Waals surface area contributed by atoms with E-state index in [2.05, 4.69) is 67.3 Å². The van der Waals surface area contributed by atoms with Crippen LogP contribution in [0.5, 0.6) is 0 Å². The lowest BCUT2D eigenvalue weighted by atomic mass is 9.91. The SMILES string of the molecule is CCO.Cc1ccc(C)c(C(c2ccccc2)N2CCCCC2)c1. The van der Waals surface area contributed by atoms with E-state index in [1.807, 2.05) is 0 Å². The molecule has 1 aliphatic heterocycles. The Bertz CT molecular complexity index is 603. The predicted molar refractivity (Wildman–Crippen MR) is 102 cm³/mol. The monoisotopic (exact) mass is 325 g/mol. The second-order valence-electron chi connectivity index (χ2n) is 6.59. The molecule has 1 aliphatic rings. The van der Waals surface area contributed by atoms with E-state index in [4.69, 9.17) is 5.11 Å². The van der Waals surface area contributed by atoms with Gasteiger partial charge in [0.1, 0.15) is 0 Å². The van der Waals surface area contributed by atoms with Gasteiger partial charge in [0.15, 0.2) is 0 Å². The maximum atomic E-state index is 7.57. The number of likely N-dealkylation sites (tertiary alicyclic amines) is 1. The number of benzene rings is 2. The van der Waals surface area contributed by atoms with Crippen LogP contribution in [-0.4, -0.2) is 29.7 Å². The molecule has 2 aromatic rings. The van der Waals surface area contributed by atoms with Crippen molar-refractivity contribution in [3.05, 3.63) is 70.8 Å². The molecule has 0 aromatic heterocycles. The summed E-state index contributed by atoms with van der Waals surface area (Å²) in [5.74, 6) is 0. The van der Waals surface area contributed by atoms with Gasteiger partial charge < -0.3 is 5.11 Å². The number of aliphatic hydroxyl groups is 1. The maximum absolute atomic E-state index is 7.57. The third kappa shape index (κ3) is 4.93. The van der Waals surface area contributed by atoms with Crippen LogP contribution in [0, 0.1) is 13.8 Å². The summed E-state index contributed by atoms with van der Waals surface area (Å²) >= 11 is 0. The molecule has 3 rings (SSSR count). The Labute approximate surface area is 147 Å². The Morgan fingerprint density at radius 1 is 0.958 bits per heavy atom. The number of hydrogen-bond acceptors (Lipinski definition) is 2. The first-order chi connectivity index (χ1) is 11.7. The number of piperidine rings is 1. The Hall–Kier alpha value is -1.64. The molecule has 0 spiro atoms. The van der Waals surface area contributed by atoms with Crippen molar-refractivity contribution in [2.45, 2.75) is 46.1 Å². The summed E-state index contributed by atoms with van der Waals surface area (Å²) in [6, 6.07) is 18.3. The topological polar surface area (TPSA) is 23.5 Å². The third-order valence-electron chi connectivity index (χ3n) is 4.60. The summed E-state index contributed by atoms with van der Waals surface area (Å²) in [7, 11) is 0. The molecule has 1 saturated heterocycles. The van der Waals surface area contributed by atoms with Gasteiger partial charge in [0.25, 0.3) is 0 Å². The fraction of sp³-hybridized carbons (Fsp3) is 0.455. The summed E-state index contributed by atoms with van der Waals surface area (Å²) in [6.45, 7) is 8.80. The van der Waals surface area contributed by atoms with Gasteiger partial charge in [-0.25, -0.2) is 0 Å². The fourth-order valence-electron chi connectivity index (χ4n) is 3.45. The van der Waals surface area contributed by atoms with Crippen molar-refractivity contribution in [3.63, 3.8) is 0 Å². The van der Waals surface area contributed by atoms with Crippen molar-refractivity contribution in [1.82, 2.24) is 4.90 Å². The molecule has 0 saturated carbocycles. The first kappa shape index (κ1) is 18.7. The molecule has 1 unspecified atom stereocenters. The van der Waals surface area contributed by atoms with Gasteiger partial charge in [0, 0.05) is 6.61 Å². The van der Waals surface area contributed by atoms with Crippen molar-refractivity contribution >= 4 is 0 Å². The Balaban J connectivity index is 0.000000647. The van der Waals surface area contributed by atoms with E-state index in [0.717, 1.165) is 0 Å². The molecule has 1 heterocycles. The van der Waals surface area contributed by atoms with Crippen molar-refractivity contribution in [2.75, 3.05) is 19.7 Å². The summed E-state index contributed by atoms with van der Waals surface area (Å²) in [5, 5.41) is 7.57. The lowest BCUT2D eigenvalue weighted by molar-refractivity contribution is 0.187. The molecule has 2 nitrogen and oxygen atoms in total. The van der Waals surface area contributed by atoms with E-state index in [1.54, 1.807) is 6.92 Å². The van der Waals surface area contributed by atoms with Crippen LogP contribution >= 0.6 is 0 Å². The Morgan fingerprint density at radius 2 is 1.58 bits per heavy atom. The zero-order chi connectivity index (χ0) is 17.4. The Morgan fingerprint density at radius 3 is 2.21 bits per heavy atom. The minimum absolute atomic E-state index is 0.250. The molecule has 0 amide bonds. The molecule has 1 atom stereocenters. The summed E-state index contributed by atoms with van der Waals surface area (Å²) in [6.07, 6.45) is 4.03. The molecule has 24 heavy (non-hydrogen) atoms. The second kappa shape index (κ2) is 9.61. The van der Waals surface area contributed by atoms with Crippen molar-refractivity contribution in [2.24, 2.45) is 0 Å². The average Bonchev–Trinajstić information content (AvgIpc) is 2.61. The van der Waals surface area contributed by atoms with Gasteiger partial charge in [-0.2, -0.15) is 0 Å². The van der Waals surface area contributed by atoms with Crippen LogP contribution in [0.1, 0.15) is 54.5 Å². The van der Waals surface area contributed by atoms with Crippen molar-refractivity contribution in [3.8, 4) is 0 Å². The highest BCUT2D eigenvalue weighted by Crippen LogP contribution is 2.33. The quantitative estimate of drug-likeness (QED) is 0.869. The van der Waals surface area contributed by atoms with Gasteiger partial charge in [0.05, 0.1) is 6.04 Å². The van der Waals surface area contributed by atoms with Crippen molar-refractivity contribution < 1.29 is 5.11 Å². The number of nitrogens with zero attached hydrogens (tertiary/aromatic N) is 1. The highest BCUT2D eigenvalue weighted by Gasteiger charge is 2.24. The Kier molecular flexibility index (Phi) is 7.48.